The highest BCUT2D eigenvalue weighted by atomic mass is 35.5. The molecule has 35 heavy (non-hydrogen) atoms. The van der Waals surface area contributed by atoms with Gasteiger partial charge in [0.2, 0.25) is 0 Å². The fourth-order valence-electron chi connectivity index (χ4n) is 3.20. The number of methoxy groups -OCH3 is 1. The minimum Gasteiger partial charge on any atom is -0.488 e. The van der Waals surface area contributed by atoms with Gasteiger partial charge in [0, 0.05) is 44.2 Å². The number of carbonyl (C=O) groups is 2. The van der Waals surface area contributed by atoms with Gasteiger partial charge in [-0.05, 0) is 25.5 Å². The van der Waals surface area contributed by atoms with E-state index in [1.165, 1.54) is 30.9 Å². The molecule has 3 aromatic rings. The Bertz CT molecular complexity index is 1210. The molecule has 1 aliphatic rings. The predicted molar refractivity (Wildman–Crippen MR) is 126 cm³/mol. The van der Waals surface area contributed by atoms with Crippen molar-refractivity contribution in [3.8, 4) is 17.4 Å². The lowest BCUT2D eigenvalue weighted by Gasteiger charge is -2.30. The van der Waals surface area contributed by atoms with Crippen LogP contribution in [0.3, 0.4) is 0 Å². The summed E-state index contributed by atoms with van der Waals surface area (Å²) in [6.45, 7) is 3.54. The van der Waals surface area contributed by atoms with E-state index in [-0.39, 0.29) is 45.9 Å². The zero-order valence-corrected chi connectivity index (χ0v) is 19.9. The van der Waals surface area contributed by atoms with E-state index in [0.717, 1.165) is 6.42 Å². The first-order valence-electron chi connectivity index (χ1n) is 10.8. The van der Waals surface area contributed by atoms with Crippen molar-refractivity contribution in [2.24, 2.45) is 0 Å². The van der Waals surface area contributed by atoms with Crippen molar-refractivity contribution in [1.82, 2.24) is 24.8 Å². The van der Waals surface area contributed by atoms with Crippen LogP contribution in [0.4, 0.5) is 5.82 Å². The van der Waals surface area contributed by atoms with Crippen LogP contribution in [0.2, 0.25) is 5.15 Å². The molecule has 1 aliphatic heterocycles. The third-order valence-electron chi connectivity index (χ3n) is 4.96. The molecule has 0 radical (unpaired) electrons. The van der Waals surface area contributed by atoms with Crippen molar-refractivity contribution in [1.29, 1.82) is 0 Å². The molecule has 1 N–H and O–H groups in total. The number of halogens is 1. The third-order valence-corrected chi connectivity index (χ3v) is 5.21. The van der Waals surface area contributed by atoms with Crippen LogP contribution >= 0.6 is 11.6 Å². The summed E-state index contributed by atoms with van der Waals surface area (Å²) in [7, 11) is 1.57. The Morgan fingerprint density at radius 1 is 1.14 bits per heavy atom. The number of ether oxygens (including phenoxy) is 3. The lowest BCUT2D eigenvalue weighted by Crippen LogP contribution is -2.42. The van der Waals surface area contributed by atoms with Gasteiger partial charge in [-0.1, -0.05) is 11.6 Å². The minimum atomic E-state index is -0.451. The van der Waals surface area contributed by atoms with E-state index >= 15 is 0 Å². The molecule has 1 aromatic carbocycles. The van der Waals surface area contributed by atoms with Crippen molar-refractivity contribution in [3.63, 3.8) is 0 Å². The quantitative estimate of drug-likeness (QED) is 0.472. The first-order valence-corrected chi connectivity index (χ1v) is 11.2. The molecular formula is C23H23ClN6O5. The van der Waals surface area contributed by atoms with Crippen molar-refractivity contribution in [2.75, 3.05) is 32.1 Å². The number of nitrogens with one attached hydrogen (secondary N) is 1. The average Bonchev–Trinajstić information content (AvgIpc) is 2.80. The fourth-order valence-corrected chi connectivity index (χ4v) is 3.38. The molecule has 0 saturated carbocycles. The number of carbonyl (C=O) groups excluding carboxylic acids is 2. The van der Waals surface area contributed by atoms with E-state index in [2.05, 4.69) is 25.3 Å². The van der Waals surface area contributed by atoms with Crippen molar-refractivity contribution >= 4 is 29.2 Å². The van der Waals surface area contributed by atoms with E-state index in [1.54, 1.807) is 24.1 Å². The maximum absolute atomic E-state index is 12.9. The summed E-state index contributed by atoms with van der Waals surface area (Å²) >= 11 is 6.25. The van der Waals surface area contributed by atoms with Gasteiger partial charge in [-0.25, -0.2) is 15.0 Å². The standard InChI is InChI=1S/C23H23ClN6O5/c1-14(13-33-2)34-16-8-15(21(31)29-19-12-25-4-5-26-19)9-17(10-16)35-22-20(24)28-18(11-27-22)23(32)30-6-3-7-30/h4-5,8-12,14H,3,6-7,13H2,1-2H3,(H,26,29,31)/t14-/m0/s1. The van der Waals surface area contributed by atoms with Crippen molar-refractivity contribution < 1.29 is 23.8 Å². The van der Waals surface area contributed by atoms with Gasteiger partial charge >= 0.3 is 0 Å². The van der Waals surface area contributed by atoms with Crippen LogP contribution < -0.4 is 14.8 Å². The Kier molecular flexibility index (Phi) is 7.68. The van der Waals surface area contributed by atoms with Crippen LogP contribution in [0, 0.1) is 0 Å². The van der Waals surface area contributed by atoms with Crippen LogP contribution in [0.1, 0.15) is 34.2 Å². The highest BCUT2D eigenvalue weighted by Crippen LogP contribution is 2.31. The molecule has 1 atom stereocenters. The Balaban J connectivity index is 1.58. The largest absolute Gasteiger partial charge is 0.488 e. The number of aromatic nitrogens is 4. The number of benzene rings is 1. The van der Waals surface area contributed by atoms with E-state index in [1.807, 2.05) is 6.92 Å². The molecule has 0 bridgehead atoms. The molecular weight excluding hydrogens is 476 g/mol. The summed E-state index contributed by atoms with van der Waals surface area (Å²) in [4.78, 5) is 43.1. The summed E-state index contributed by atoms with van der Waals surface area (Å²) in [6, 6.07) is 4.64. The number of hydrogen-bond acceptors (Lipinski definition) is 9. The first-order chi connectivity index (χ1) is 16.9. The predicted octanol–water partition coefficient (Wildman–Crippen LogP) is 3.22. The molecule has 4 rings (SSSR count). The lowest BCUT2D eigenvalue weighted by atomic mass is 10.2. The highest BCUT2D eigenvalue weighted by Gasteiger charge is 2.24. The molecule has 182 valence electrons. The van der Waals surface area contributed by atoms with Gasteiger partial charge in [-0.3, -0.25) is 14.6 Å². The lowest BCUT2D eigenvalue weighted by molar-refractivity contribution is 0.0645. The number of anilines is 1. The molecule has 2 aromatic heterocycles. The fraction of sp³-hybridized carbons (Fsp3) is 0.304. The first kappa shape index (κ1) is 24.3. The molecule has 3 heterocycles. The number of hydrogen-bond donors (Lipinski definition) is 1. The van der Waals surface area contributed by atoms with Crippen LogP contribution in [0.25, 0.3) is 0 Å². The maximum atomic E-state index is 12.9. The zero-order chi connectivity index (χ0) is 24.8. The number of nitrogens with zero attached hydrogens (tertiary/aromatic N) is 5. The number of rotatable bonds is 9. The highest BCUT2D eigenvalue weighted by molar-refractivity contribution is 6.30. The molecule has 11 nitrogen and oxygen atoms in total. The smallest absolute Gasteiger partial charge is 0.274 e. The molecule has 2 amide bonds. The van der Waals surface area contributed by atoms with Crippen molar-refractivity contribution in [3.05, 3.63) is 59.4 Å². The Morgan fingerprint density at radius 3 is 2.60 bits per heavy atom. The molecule has 12 heteroatoms. The number of likely N-dealkylation sites (tertiary alicyclic amines) is 1. The average molecular weight is 499 g/mol. The topological polar surface area (TPSA) is 129 Å². The van der Waals surface area contributed by atoms with Gasteiger partial charge in [0.1, 0.15) is 23.3 Å². The summed E-state index contributed by atoms with van der Waals surface area (Å²) in [6.07, 6.45) is 6.37. The van der Waals surface area contributed by atoms with Gasteiger partial charge in [0.15, 0.2) is 11.0 Å². The van der Waals surface area contributed by atoms with E-state index in [0.29, 0.717) is 25.4 Å². The van der Waals surface area contributed by atoms with Crippen molar-refractivity contribution in [2.45, 2.75) is 19.4 Å². The molecule has 1 saturated heterocycles. The molecule has 1 fully saturated rings. The summed E-state index contributed by atoms with van der Waals surface area (Å²) < 4.78 is 16.8. The summed E-state index contributed by atoms with van der Waals surface area (Å²) in [5.41, 5.74) is 0.373. The monoisotopic (exact) mass is 498 g/mol. The van der Waals surface area contributed by atoms with Gasteiger partial charge in [0.25, 0.3) is 17.7 Å². The normalized spacial score (nSPS) is 13.5. The van der Waals surface area contributed by atoms with E-state index in [9.17, 15) is 9.59 Å². The van der Waals surface area contributed by atoms with Crippen LogP contribution in [-0.4, -0.2) is 69.6 Å². The zero-order valence-electron chi connectivity index (χ0n) is 19.1. The SMILES string of the molecule is COC[C@H](C)Oc1cc(Oc2ncc(C(=O)N3CCC3)nc2Cl)cc(C(=O)Nc2cnccn2)c1. The Labute approximate surface area is 206 Å². The van der Waals surface area contributed by atoms with Gasteiger partial charge < -0.3 is 24.4 Å². The molecule has 0 spiro atoms. The van der Waals surface area contributed by atoms with E-state index in [4.69, 9.17) is 25.8 Å². The Morgan fingerprint density at radius 2 is 1.94 bits per heavy atom. The maximum Gasteiger partial charge on any atom is 0.274 e. The van der Waals surface area contributed by atoms with Gasteiger partial charge in [0.05, 0.1) is 19.0 Å². The van der Waals surface area contributed by atoms with Gasteiger partial charge in [-0.15, -0.1) is 0 Å². The second kappa shape index (κ2) is 11.1. The summed E-state index contributed by atoms with van der Waals surface area (Å²) in [5.74, 6) is 0.180. The molecule has 0 unspecified atom stereocenters. The number of amides is 2. The summed E-state index contributed by atoms with van der Waals surface area (Å²) in [5, 5.41) is 2.58. The minimum absolute atomic E-state index is 0.0193. The molecule has 0 aliphatic carbocycles. The third kappa shape index (κ3) is 6.19. The van der Waals surface area contributed by atoms with Crippen LogP contribution in [-0.2, 0) is 4.74 Å². The van der Waals surface area contributed by atoms with E-state index < -0.39 is 5.91 Å². The second-order valence-electron chi connectivity index (χ2n) is 7.72. The second-order valence-corrected chi connectivity index (χ2v) is 8.08. The van der Waals surface area contributed by atoms with Gasteiger partial charge in [-0.2, -0.15) is 0 Å². The van der Waals surface area contributed by atoms with Crippen LogP contribution in [0.5, 0.6) is 17.4 Å². The Hall–Kier alpha value is -3.83. The van der Waals surface area contributed by atoms with Crippen LogP contribution in [0.15, 0.2) is 43.0 Å².